The maximum atomic E-state index is 13.6. The Morgan fingerprint density at radius 3 is 2.58 bits per heavy atom. The van der Waals surface area contributed by atoms with Gasteiger partial charge in [-0.2, -0.15) is 5.01 Å². The summed E-state index contributed by atoms with van der Waals surface area (Å²) in [5.74, 6) is -0.00466. The van der Waals surface area contributed by atoms with Gasteiger partial charge in [-0.05, 0) is 90.2 Å². The van der Waals surface area contributed by atoms with Gasteiger partial charge in [0.2, 0.25) is 5.91 Å². The molecule has 5 unspecified atom stereocenters. The minimum Gasteiger partial charge on any atom is -0.389 e. The van der Waals surface area contributed by atoms with Crippen LogP contribution in [0.15, 0.2) is 36.4 Å². The van der Waals surface area contributed by atoms with Crippen molar-refractivity contribution in [1.29, 1.82) is 0 Å². The predicted octanol–water partition coefficient (Wildman–Crippen LogP) is 1.68. The van der Waals surface area contributed by atoms with E-state index in [9.17, 15) is 9.90 Å². The monoisotopic (exact) mass is 552 g/mol. The van der Waals surface area contributed by atoms with Gasteiger partial charge in [0, 0.05) is 43.1 Å². The van der Waals surface area contributed by atoms with Crippen LogP contribution in [-0.2, 0) is 4.79 Å². The topological polar surface area (TPSA) is 98.4 Å². The number of allylic oxidation sites excluding steroid dienone is 1. The van der Waals surface area contributed by atoms with Gasteiger partial charge in [0.05, 0.1) is 30.4 Å². The van der Waals surface area contributed by atoms with E-state index < -0.39 is 5.60 Å². The highest BCUT2D eigenvalue weighted by molar-refractivity contribution is 5.82. The number of carbonyl (C=O) groups is 1. The third-order valence-electron chi connectivity index (χ3n) is 9.83. The molecule has 1 aromatic rings. The number of hydrazine groups is 1. The molecule has 4 saturated heterocycles. The summed E-state index contributed by atoms with van der Waals surface area (Å²) in [5.41, 5.74) is 1.54. The Hall–Kier alpha value is -2.21. The molecule has 10 nitrogen and oxygen atoms in total. The standard InChI is InChI=1S/C30H48N8O2/c1-30(40)16-5-4-6-17-37-28(39)24-20-31-29(34-27(24)38(37)26-9-7-8-25(30)33-26)32-21-10-12-23(13-11-21)36-18-14-22(15-19-36)35(2)3/h4,6,10-13,22,24-27,29,31-34,40H,5,7-9,14-20H2,1-3H3/b6-4-/t24?,25?,26?,27?,29?,30-/m1/s1. The Bertz CT molecular complexity index is 1050. The van der Waals surface area contributed by atoms with Crippen molar-refractivity contribution in [2.45, 2.75) is 88.2 Å². The molecule has 1 aromatic carbocycles. The first-order chi connectivity index (χ1) is 19.3. The molecule has 6 atom stereocenters. The van der Waals surface area contributed by atoms with E-state index in [1.807, 2.05) is 11.9 Å². The van der Waals surface area contributed by atoms with Crippen molar-refractivity contribution in [3.63, 3.8) is 0 Å². The van der Waals surface area contributed by atoms with Crippen LogP contribution in [-0.4, -0.2) is 103 Å². The smallest absolute Gasteiger partial charge is 0.244 e. The number of anilines is 2. The number of nitrogens with zero attached hydrogens (tertiary/aromatic N) is 4. The van der Waals surface area contributed by atoms with Crippen molar-refractivity contribution in [2.75, 3.05) is 50.5 Å². The maximum Gasteiger partial charge on any atom is 0.244 e. The quantitative estimate of drug-likeness (QED) is 0.358. The van der Waals surface area contributed by atoms with Crippen LogP contribution < -0.4 is 26.2 Å². The van der Waals surface area contributed by atoms with Crippen LogP contribution in [0.2, 0.25) is 0 Å². The van der Waals surface area contributed by atoms with Gasteiger partial charge in [0.1, 0.15) is 6.29 Å². The van der Waals surface area contributed by atoms with Gasteiger partial charge in [-0.1, -0.05) is 12.2 Å². The summed E-state index contributed by atoms with van der Waals surface area (Å²) in [6, 6.07) is 9.42. The second kappa shape index (κ2) is 11.6. The third-order valence-corrected chi connectivity index (χ3v) is 9.83. The number of carbonyl (C=O) groups excluding carboxylic acids is 1. The van der Waals surface area contributed by atoms with Crippen molar-refractivity contribution in [1.82, 2.24) is 30.9 Å². The van der Waals surface area contributed by atoms with E-state index in [0.29, 0.717) is 19.1 Å². The van der Waals surface area contributed by atoms with E-state index in [0.717, 1.165) is 50.9 Å². The largest absolute Gasteiger partial charge is 0.389 e. The van der Waals surface area contributed by atoms with E-state index in [4.69, 9.17) is 0 Å². The molecule has 5 N–H and O–H groups in total. The van der Waals surface area contributed by atoms with Crippen LogP contribution in [0.1, 0.15) is 51.9 Å². The number of benzene rings is 1. The number of aliphatic hydroxyl groups is 1. The minimum absolute atomic E-state index is 0.00200. The number of amides is 1. The number of hydrogen-bond acceptors (Lipinski definition) is 9. The summed E-state index contributed by atoms with van der Waals surface area (Å²) in [7, 11) is 4.36. The number of piperidine rings is 2. The predicted molar refractivity (Wildman–Crippen MR) is 158 cm³/mol. The highest BCUT2D eigenvalue weighted by Crippen LogP contribution is 2.34. The van der Waals surface area contributed by atoms with Crippen LogP contribution >= 0.6 is 0 Å². The van der Waals surface area contributed by atoms with Crippen LogP contribution in [0.3, 0.4) is 0 Å². The first kappa shape index (κ1) is 27.9. The number of rotatable bonds is 4. The molecule has 220 valence electrons. The number of fused-ring (bicyclic) bond motifs is 6. The SMILES string of the molecule is CN(C)C1CCN(c2ccc(NC3NCC4C(=O)N5C/C=C\CC[C@@](C)(O)C6CCCC(N6)N5C4N3)cc2)CC1. The first-order valence-corrected chi connectivity index (χ1v) is 15.3. The fourth-order valence-electron chi connectivity index (χ4n) is 7.31. The minimum atomic E-state index is -0.776. The van der Waals surface area contributed by atoms with Crippen molar-refractivity contribution in [3.05, 3.63) is 36.4 Å². The molecule has 0 radical (unpaired) electrons. The summed E-state index contributed by atoms with van der Waals surface area (Å²) in [4.78, 5) is 18.4. The summed E-state index contributed by atoms with van der Waals surface area (Å²) < 4.78 is 0. The molecule has 5 aliphatic rings. The average Bonchev–Trinajstić information content (AvgIpc) is 3.23. The van der Waals surface area contributed by atoms with Crippen LogP contribution in [0.5, 0.6) is 0 Å². The molecule has 0 aliphatic carbocycles. The molecule has 5 heterocycles. The Morgan fingerprint density at radius 2 is 1.82 bits per heavy atom. The molecule has 1 amide bonds. The van der Waals surface area contributed by atoms with E-state index in [2.05, 4.69) is 86.6 Å². The van der Waals surface area contributed by atoms with Gasteiger partial charge in [0.15, 0.2) is 0 Å². The second-order valence-electron chi connectivity index (χ2n) is 12.8. The molecule has 2 bridgehead atoms. The lowest BCUT2D eigenvalue weighted by Crippen LogP contribution is -2.69. The molecule has 6 rings (SSSR count). The molecule has 0 aromatic heterocycles. The molecule has 0 spiro atoms. The van der Waals surface area contributed by atoms with E-state index in [-0.39, 0.29) is 36.5 Å². The lowest BCUT2D eigenvalue weighted by atomic mass is 9.85. The van der Waals surface area contributed by atoms with Gasteiger partial charge in [0.25, 0.3) is 0 Å². The summed E-state index contributed by atoms with van der Waals surface area (Å²) in [5, 5.41) is 30.0. The van der Waals surface area contributed by atoms with E-state index in [1.165, 1.54) is 18.5 Å². The summed E-state index contributed by atoms with van der Waals surface area (Å²) in [6.45, 7) is 5.30. The third kappa shape index (κ3) is 5.62. The summed E-state index contributed by atoms with van der Waals surface area (Å²) >= 11 is 0. The Kier molecular flexibility index (Phi) is 8.09. The first-order valence-electron chi connectivity index (χ1n) is 15.3. The summed E-state index contributed by atoms with van der Waals surface area (Å²) in [6.07, 6.45) is 10.8. The van der Waals surface area contributed by atoms with E-state index in [1.54, 1.807) is 0 Å². The highest BCUT2D eigenvalue weighted by atomic mass is 16.3. The van der Waals surface area contributed by atoms with Gasteiger partial charge < -0.3 is 20.2 Å². The van der Waals surface area contributed by atoms with Crippen molar-refractivity contribution in [3.8, 4) is 0 Å². The zero-order valence-corrected chi connectivity index (χ0v) is 24.4. The molecular weight excluding hydrogens is 504 g/mol. The van der Waals surface area contributed by atoms with Gasteiger partial charge in [-0.25, -0.2) is 0 Å². The molecule has 0 saturated carbocycles. The Balaban J connectivity index is 1.13. The number of nitrogens with one attached hydrogen (secondary N) is 4. The molecular formula is C30H48N8O2. The Labute approximate surface area is 239 Å². The lowest BCUT2D eigenvalue weighted by molar-refractivity contribution is -0.146. The Morgan fingerprint density at radius 1 is 1.05 bits per heavy atom. The van der Waals surface area contributed by atoms with Gasteiger partial charge in [-0.3, -0.25) is 25.8 Å². The average molecular weight is 553 g/mol. The zero-order valence-electron chi connectivity index (χ0n) is 24.4. The second-order valence-corrected chi connectivity index (χ2v) is 12.8. The lowest BCUT2D eigenvalue weighted by Gasteiger charge is -2.47. The van der Waals surface area contributed by atoms with Crippen LogP contribution in [0, 0.1) is 5.92 Å². The molecule has 4 fully saturated rings. The molecule has 40 heavy (non-hydrogen) atoms. The van der Waals surface area contributed by atoms with E-state index >= 15 is 0 Å². The van der Waals surface area contributed by atoms with Gasteiger partial charge in [-0.15, -0.1) is 0 Å². The fourth-order valence-corrected chi connectivity index (χ4v) is 7.31. The fraction of sp³-hybridized carbons (Fsp3) is 0.700. The number of hydrogen-bond donors (Lipinski definition) is 5. The van der Waals surface area contributed by atoms with Crippen molar-refractivity contribution < 1.29 is 9.90 Å². The molecule has 5 aliphatic heterocycles. The zero-order chi connectivity index (χ0) is 27.9. The highest BCUT2D eigenvalue weighted by Gasteiger charge is 2.52. The van der Waals surface area contributed by atoms with Crippen molar-refractivity contribution in [2.24, 2.45) is 5.92 Å². The van der Waals surface area contributed by atoms with Crippen LogP contribution in [0.4, 0.5) is 11.4 Å². The van der Waals surface area contributed by atoms with Crippen molar-refractivity contribution >= 4 is 17.3 Å². The normalized spacial score (nSPS) is 36.6. The van der Waals surface area contributed by atoms with Gasteiger partial charge >= 0.3 is 0 Å². The molecule has 10 heteroatoms. The van der Waals surface area contributed by atoms with Crippen LogP contribution in [0.25, 0.3) is 0 Å². The maximum absolute atomic E-state index is 13.6.